The zero-order chi connectivity index (χ0) is 13.9. The highest BCUT2D eigenvalue weighted by Gasteiger charge is 2.29. The predicted octanol–water partition coefficient (Wildman–Crippen LogP) is 2.53. The van der Waals surface area contributed by atoms with Crippen molar-refractivity contribution in [2.75, 3.05) is 13.4 Å². The summed E-state index contributed by atoms with van der Waals surface area (Å²) in [5.74, 6) is 0.0394. The number of rotatable bonds is 3. The van der Waals surface area contributed by atoms with Gasteiger partial charge in [0.25, 0.3) is 0 Å². The molecule has 0 N–H and O–H groups in total. The van der Waals surface area contributed by atoms with Gasteiger partial charge in [-0.3, -0.25) is 0 Å². The zero-order valence-electron chi connectivity index (χ0n) is 9.57. The largest absolute Gasteiger partial charge is 0.454 e. The third-order valence-corrected chi connectivity index (χ3v) is 2.19. The van der Waals surface area contributed by atoms with Crippen molar-refractivity contribution in [3.05, 3.63) is 29.8 Å². The SMILES string of the molecule is O=C(/C=C/c1ccc2c(c1)OCO2)OCC(F)(F)F. The number of fused-ring (bicyclic) bond motifs is 1. The first kappa shape index (κ1) is 13.3. The van der Waals surface area contributed by atoms with Crippen LogP contribution in [-0.4, -0.2) is 25.5 Å². The van der Waals surface area contributed by atoms with Crippen LogP contribution in [-0.2, 0) is 9.53 Å². The van der Waals surface area contributed by atoms with E-state index >= 15 is 0 Å². The van der Waals surface area contributed by atoms with Crippen molar-refractivity contribution < 1.29 is 32.2 Å². The second-order valence-electron chi connectivity index (χ2n) is 3.67. The van der Waals surface area contributed by atoms with Crippen LogP contribution in [0.4, 0.5) is 13.2 Å². The van der Waals surface area contributed by atoms with Crippen molar-refractivity contribution >= 4 is 12.0 Å². The first-order valence-electron chi connectivity index (χ1n) is 5.25. The molecule has 1 aliphatic rings. The summed E-state index contributed by atoms with van der Waals surface area (Å²) >= 11 is 0. The van der Waals surface area contributed by atoms with Gasteiger partial charge in [0.15, 0.2) is 18.1 Å². The summed E-state index contributed by atoms with van der Waals surface area (Å²) in [6.45, 7) is -1.48. The van der Waals surface area contributed by atoms with Crippen LogP contribution >= 0.6 is 0 Å². The van der Waals surface area contributed by atoms with Crippen LogP contribution in [0.3, 0.4) is 0 Å². The van der Waals surface area contributed by atoms with Gasteiger partial charge in [-0.15, -0.1) is 0 Å². The minimum absolute atomic E-state index is 0.121. The molecule has 0 aliphatic carbocycles. The number of alkyl halides is 3. The summed E-state index contributed by atoms with van der Waals surface area (Å²) in [4.78, 5) is 11.0. The van der Waals surface area contributed by atoms with Gasteiger partial charge in [-0.2, -0.15) is 13.2 Å². The van der Waals surface area contributed by atoms with Gasteiger partial charge in [-0.05, 0) is 23.8 Å². The molecule has 0 atom stereocenters. The quantitative estimate of drug-likeness (QED) is 0.627. The molecule has 0 unspecified atom stereocenters. The van der Waals surface area contributed by atoms with Crippen molar-refractivity contribution in [2.24, 2.45) is 0 Å². The van der Waals surface area contributed by atoms with E-state index in [4.69, 9.17) is 9.47 Å². The van der Waals surface area contributed by atoms with Crippen LogP contribution < -0.4 is 9.47 Å². The van der Waals surface area contributed by atoms with Gasteiger partial charge in [0, 0.05) is 6.08 Å². The van der Waals surface area contributed by atoms with E-state index in [0.717, 1.165) is 6.08 Å². The van der Waals surface area contributed by atoms with Crippen molar-refractivity contribution in [1.29, 1.82) is 0 Å². The second-order valence-corrected chi connectivity index (χ2v) is 3.67. The number of carbonyl (C=O) groups excluding carboxylic acids is 1. The molecule has 0 saturated heterocycles. The highest BCUT2D eigenvalue weighted by Crippen LogP contribution is 2.32. The molecule has 0 radical (unpaired) electrons. The number of ether oxygens (including phenoxy) is 3. The number of benzene rings is 1. The van der Waals surface area contributed by atoms with Gasteiger partial charge in [-0.1, -0.05) is 6.07 Å². The smallest absolute Gasteiger partial charge is 0.422 e. The Morgan fingerprint density at radius 3 is 2.79 bits per heavy atom. The fourth-order valence-electron chi connectivity index (χ4n) is 1.38. The number of halogens is 3. The lowest BCUT2D eigenvalue weighted by Crippen LogP contribution is -2.19. The lowest BCUT2D eigenvalue weighted by Gasteiger charge is -2.05. The van der Waals surface area contributed by atoms with E-state index in [-0.39, 0.29) is 6.79 Å². The monoisotopic (exact) mass is 274 g/mol. The Hall–Kier alpha value is -2.18. The molecule has 19 heavy (non-hydrogen) atoms. The molecule has 1 aromatic rings. The van der Waals surface area contributed by atoms with Crippen molar-refractivity contribution in [1.82, 2.24) is 0 Å². The van der Waals surface area contributed by atoms with E-state index < -0.39 is 18.8 Å². The Morgan fingerprint density at radius 1 is 1.32 bits per heavy atom. The molecule has 0 aromatic heterocycles. The zero-order valence-corrected chi connectivity index (χ0v) is 9.57. The minimum atomic E-state index is -4.53. The maximum atomic E-state index is 11.8. The molecule has 1 aromatic carbocycles. The van der Waals surface area contributed by atoms with Crippen LogP contribution in [0.15, 0.2) is 24.3 Å². The lowest BCUT2D eigenvalue weighted by molar-refractivity contribution is -0.182. The average molecular weight is 274 g/mol. The van der Waals surface area contributed by atoms with E-state index in [0.29, 0.717) is 17.1 Å². The molecule has 2 rings (SSSR count). The van der Waals surface area contributed by atoms with Crippen molar-refractivity contribution in [2.45, 2.75) is 6.18 Å². The average Bonchev–Trinajstić information content (AvgIpc) is 2.80. The van der Waals surface area contributed by atoms with Gasteiger partial charge in [-0.25, -0.2) is 4.79 Å². The van der Waals surface area contributed by atoms with Gasteiger partial charge in [0.05, 0.1) is 0 Å². The Labute approximate surface area is 106 Å². The predicted molar refractivity (Wildman–Crippen MR) is 58.6 cm³/mol. The first-order chi connectivity index (χ1) is 8.94. The first-order valence-corrected chi connectivity index (χ1v) is 5.25. The van der Waals surface area contributed by atoms with E-state index in [1.807, 2.05) is 0 Å². The number of esters is 1. The Kier molecular flexibility index (Phi) is 3.64. The van der Waals surface area contributed by atoms with E-state index in [9.17, 15) is 18.0 Å². The topological polar surface area (TPSA) is 44.8 Å². The summed E-state index contributed by atoms with van der Waals surface area (Å²) in [5.41, 5.74) is 0.591. The van der Waals surface area contributed by atoms with Crippen LogP contribution in [0.2, 0.25) is 0 Å². The van der Waals surface area contributed by atoms with E-state index in [1.165, 1.54) is 6.08 Å². The van der Waals surface area contributed by atoms with E-state index in [2.05, 4.69) is 4.74 Å². The van der Waals surface area contributed by atoms with E-state index in [1.54, 1.807) is 18.2 Å². The fraction of sp³-hybridized carbons (Fsp3) is 0.250. The molecule has 1 heterocycles. The van der Waals surface area contributed by atoms with Crippen LogP contribution in [0.5, 0.6) is 11.5 Å². The summed E-state index contributed by atoms with van der Waals surface area (Å²) in [7, 11) is 0. The summed E-state index contributed by atoms with van der Waals surface area (Å²) in [6, 6.07) is 4.89. The molecule has 1 aliphatic heterocycles. The Morgan fingerprint density at radius 2 is 2.05 bits per heavy atom. The molecule has 7 heteroatoms. The minimum Gasteiger partial charge on any atom is -0.454 e. The maximum Gasteiger partial charge on any atom is 0.422 e. The molecule has 4 nitrogen and oxygen atoms in total. The van der Waals surface area contributed by atoms with Crippen LogP contribution in [0, 0.1) is 0 Å². The molecule has 0 amide bonds. The molecule has 0 saturated carbocycles. The Bertz CT molecular complexity index is 508. The fourth-order valence-corrected chi connectivity index (χ4v) is 1.38. The molecule has 0 spiro atoms. The van der Waals surface area contributed by atoms with Crippen molar-refractivity contribution in [3.63, 3.8) is 0 Å². The van der Waals surface area contributed by atoms with Gasteiger partial charge >= 0.3 is 12.1 Å². The molecule has 0 bridgehead atoms. The van der Waals surface area contributed by atoms with Gasteiger partial charge in [0.1, 0.15) is 0 Å². The standard InChI is InChI=1S/C12H9F3O4/c13-12(14,15)6-17-11(16)4-2-8-1-3-9-10(5-8)19-7-18-9/h1-5H,6-7H2/b4-2+. The molecule has 102 valence electrons. The molecular weight excluding hydrogens is 265 g/mol. The van der Waals surface area contributed by atoms with Crippen molar-refractivity contribution in [3.8, 4) is 11.5 Å². The molecule has 0 fully saturated rings. The summed E-state index contributed by atoms with van der Waals surface area (Å²) < 4.78 is 49.6. The Balaban J connectivity index is 1.93. The lowest BCUT2D eigenvalue weighted by atomic mass is 10.2. The van der Waals surface area contributed by atoms with Crippen LogP contribution in [0.25, 0.3) is 6.08 Å². The number of hydrogen-bond donors (Lipinski definition) is 0. The number of carbonyl (C=O) groups is 1. The number of hydrogen-bond acceptors (Lipinski definition) is 4. The highest BCUT2D eigenvalue weighted by atomic mass is 19.4. The van der Waals surface area contributed by atoms with Gasteiger partial charge in [0.2, 0.25) is 6.79 Å². The highest BCUT2D eigenvalue weighted by molar-refractivity contribution is 5.87. The second kappa shape index (κ2) is 5.21. The third-order valence-electron chi connectivity index (χ3n) is 2.19. The van der Waals surface area contributed by atoms with Crippen LogP contribution in [0.1, 0.15) is 5.56 Å². The third kappa shape index (κ3) is 3.90. The maximum absolute atomic E-state index is 11.8. The molecular formula is C12H9F3O4. The normalized spacial score (nSPS) is 13.8. The van der Waals surface area contributed by atoms with Gasteiger partial charge < -0.3 is 14.2 Å². The summed E-state index contributed by atoms with van der Waals surface area (Å²) in [5, 5.41) is 0. The summed E-state index contributed by atoms with van der Waals surface area (Å²) in [6.07, 6.45) is -2.27.